The van der Waals surface area contributed by atoms with Gasteiger partial charge >= 0.3 is 0 Å². The summed E-state index contributed by atoms with van der Waals surface area (Å²) in [4.78, 5) is 19.1. The zero-order valence-corrected chi connectivity index (χ0v) is 17.9. The molecule has 7 nitrogen and oxygen atoms in total. The lowest BCUT2D eigenvalue weighted by Gasteiger charge is -2.53. The molecular formula is C21H32N4O3. The molecule has 0 N–H and O–H groups in total. The van der Waals surface area contributed by atoms with E-state index in [4.69, 9.17) is 14.6 Å². The highest BCUT2D eigenvalue weighted by molar-refractivity contribution is 6.02. The van der Waals surface area contributed by atoms with Crippen LogP contribution in [0.3, 0.4) is 0 Å². The smallest absolute Gasteiger partial charge is 0.297 e. The standard InChI is InChI=1S/C21H32N4O3/c1-13-16-8-7-15-17(19(26)22-14(2)24(4)5)25(6)23-18(15)20(16,3)9-10-21(13)27-11-12-28-21/h13,16H,7-12H2,1-6H3/t13-,16-,20-/m0/s1. The van der Waals surface area contributed by atoms with Crippen molar-refractivity contribution >= 4 is 11.7 Å². The Balaban J connectivity index is 1.71. The van der Waals surface area contributed by atoms with Gasteiger partial charge in [-0.1, -0.05) is 13.8 Å². The Hall–Kier alpha value is -1.73. The fraction of sp³-hybridized carbons (Fsp3) is 0.762. The second-order valence-corrected chi connectivity index (χ2v) is 9.02. The van der Waals surface area contributed by atoms with Crippen LogP contribution in [0.4, 0.5) is 0 Å². The van der Waals surface area contributed by atoms with Gasteiger partial charge in [-0.3, -0.25) is 9.48 Å². The number of rotatable bonds is 1. The third kappa shape index (κ3) is 2.74. The zero-order valence-electron chi connectivity index (χ0n) is 17.9. The first kappa shape index (κ1) is 19.6. The molecule has 154 valence electrons. The number of nitrogens with zero attached hydrogens (tertiary/aromatic N) is 4. The van der Waals surface area contributed by atoms with Crippen molar-refractivity contribution in [1.29, 1.82) is 0 Å². The summed E-state index contributed by atoms with van der Waals surface area (Å²) in [6, 6.07) is 0. The predicted molar refractivity (Wildman–Crippen MR) is 107 cm³/mol. The van der Waals surface area contributed by atoms with Gasteiger partial charge in [-0.25, -0.2) is 0 Å². The van der Waals surface area contributed by atoms with Gasteiger partial charge in [0.2, 0.25) is 0 Å². The normalized spacial score (nSPS) is 31.6. The predicted octanol–water partition coefficient (Wildman–Crippen LogP) is 2.53. The van der Waals surface area contributed by atoms with E-state index in [1.165, 1.54) is 0 Å². The van der Waals surface area contributed by atoms with Crippen LogP contribution in [-0.4, -0.2) is 59.5 Å². The van der Waals surface area contributed by atoms with Crippen molar-refractivity contribution in [2.24, 2.45) is 23.9 Å². The molecule has 0 radical (unpaired) electrons. The third-order valence-electron chi connectivity index (χ3n) is 7.39. The van der Waals surface area contributed by atoms with Crippen LogP contribution in [-0.2, 0) is 28.4 Å². The van der Waals surface area contributed by atoms with E-state index >= 15 is 0 Å². The maximum absolute atomic E-state index is 12.9. The molecule has 1 spiro atoms. The second kappa shape index (κ2) is 6.66. The summed E-state index contributed by atoms with van der Waals surface area (Å²) in [5.41, 5.74) is 2.73. The highest BCUT2D eigenvalue weighted by Crippen LogP contribution is 2.56. The van der Waals surface area contributed by atoms with Crippen LogP contribution in [0.15, 0.2) is 4.99 Å². The maximum Gasteiger partial charge on any atom is 0.297 e. The van der Waals surface area contributed by atoms with Crippen molar-refractivity contribution in [3.63, 3.8) is 0 Å². The number of hydrogen-bond donors (Lipinski definition) is 0. The number of aromatic nitrogens is 2. The molecule has 2 aliphatic carbocycles. The number of amides is 1. The van der Waals surface area contributed by atoms with Gasteiger partial charge in [0.25, 0.3) is 5.91 Å². The van der Waals surface area contributed by atoms with Crippen molar-refractivity contribution in [2.45, 2.75) is 57.7 Å². The fourth-order valence-corrected chi connectivity index (χ4v) is 5.58. The number of carbonyl (C=O) groups is 1. The van der Waals surface area contributed by atoms with Crippen molar-refractivity contribution in [3.8, 4) is 0 Å². The Kier molecular flexibility index (Phi) is 4.66. The average Bonchev–Trinajstić information content (AvgIpc) is 3.24. The highest BCUT2D eigenvalue weighted by Gasteiger charge is 2.58. The molecule has 28 heavy (non-hydrogen) atoms. The Morgan fingerprint density at radius 2 is 1.96 bits per heavy atom. The molecule has 1 aromatic rings. The van der Waals surface area contributed by atoms with Crippen LogP contribution in [0.25, 0.3) is 0 Å². The topological polar surface area (TPSA) is 69.0 Å². The van der Waals surface area contributed by atoms with E-state index in [1.807, 2.05) is 33.0 Å². The van der Waals surface area contributed by atoms with Crippen LogP contribution in [0, 0.1) is 11.8 Å². The van der Waals surface area contributed by atoms with E-state index in [2.05, 4.69) is 18.8 Å². The molecule has 1 amide bonds. The van der Waals surface area contributed by atoms with E-state index < -0.39 is 5.79 Å². The van der Waals surface area contributed by atoms with E-state index in [1.54, 1.807) is 4.68 Å². The number of ether oxygens (including phenoxy) is 2. The molecule has 1 saturated carbocycles. The number of fused-ring (bicyclic) bond motifs is 3. The van der Waals surface area contributed by atoms with E-state index in [0.29, 0.717) is 36.6 Å². The molecule has 0 aromatic carbocycles. The summed E-state index contributed by atoms with van der Waals surface area (Å²) in [7, 11) is 5.65. The Morgan fingerprint density at radius 1 is 1.29 bits per heavy atom. The summed E-state index contributed by atoms with van der Waals surface area (Å²) in [6.45, 7) is 7.79. The Morgan fingerprint density at radius 3 is 2.61 bits per heavy atom. The highest BCUT2D eigenvalue weighted by atomic mass is 16.7. The van der Waals surface area contributed by atoms with Crippen LogP contribution >= 0.6 is 0 Å². The third-order valence-corrected chi connectivity index (χ3v) is 7.39. The van der Waals surface area contributed by atoms with Crippen LogP contribution in [0.1, 0.15) is 61.8 Å². The molecule has 3 aliphatic rings. The average molecular weight is 389 g/mol. The lowest BCUT2D eigenvalue weighted by molar-refractivity contribution is -0.234. The van der Waals surface area contributed by atoms with Gasteiger partial charge in [-0.15, -0.1) is 0 Å². The van der Waals surface area contributed by atoms with Gasteiger partial charge in [-0.05, 0) is 32.1 Å². The minimum absolute atomic E-state index is 0.0653. The van der Waals surface area contributed by atoms with Gasteiger partial charge in [0.15, 0.2) is 5.79 Å². The van der Waals surface area contributed by atoms with Gasteiger partial charge in [0.1, 0.15) is 11.5 Å². The minimum atomic E-state index is -0.428. The molecular weight excluding hydrogens is 356 g/mol. The van der Waals surface area contributed by atoms with Crippen LogP contribution in [0.5, 0.6) is 0 Å². The van der Waals surface area contributed by atoms with Crippen molar-refractivity contribution in [1.82, 2.24) is 14.7 Å². The molecule has 2 fully saturated rings. The summed E-state index contributed by atoms with van der Waals surface area (Å²) in [6.07, 6.45) is 3.70. The molecule has 2 heterocycles. The van der Waals surface area contributed by atoms with Crippen molar-refractivity contribution < 1.29 is 14.3 Å². The molecule has 1 aromatic heterocycles. The monoisotopic (exact) mass is 388 g/mol. The lowest BCUT2D eigenvalue weighted by atomic mass is 9.55. The molecule has 0 unspecified atom stereocenters. The summed E-state index contributed by atoms with van der Waals surface area (Å²) < 4.78 is 13.9. The quantitative estimate of drug-likeness (QED) is 0.546. The van der Waals surface area contributed by atoms with E-state index in [9.17, 15) is 4.79 Å². The first-order chi connectivity index (χ1) is 13.2. The fourth-order valence-electron chi connectivity index (χ4n) is 5.58. The number of aliphatic imine (C=N–C) groups is 1. The number of amidine groups is 1. The van der Waals surface area contributed by atoms with Crippen LogP contribution < -0.4 is 0 Å². The first-order valence-electron chi connectivity index (χ1n) is 10.3. The molecule has 0 bridgehead atoms. The largest absolute Gasteiger partial charge is 0.366 e. The Labute approximate surface area is 167 Å². The summed E-state index contributed by atoms with van der Waals surface area (Å²) in [5, 5.41) is 4.86. The molecule has 7 heteroatoms. The first-order valence-corrected chi connectivity index (χ1v) is 10.3. The van der Waals surface area contributed by atoms with Gasteiger partial charge in [0, 0.05) is 44.5 Å². The maximum atomic E-state index is 12.9. The minimum Gasteiger partial charge on any atom is -0.366 e. The molecule has 3 atom stereocenters. The number of aryl methyl sites for hydroxylation is 1. The van der Waals surface area contributed by atoms with E-state index in [-0.39, 0.29) is 11.3 Å². The van der Waals surface area contributed by atoms with Gasteiger partial charge in [-0.2, -0.15) is 10.1 Å². The van der Waals surface area contributed by atoms with E-state index in [0.717, 1.165) is 36.9 Å². The van der Waals surface area contributed by atoms with Crippen LogP contribution in [0.2, 0.25) is 0 Å². The molecule has 4 rings (SSSR count). The van der Waals surface area contributed by atoms with Gasteiger partial charge in [0.05, 0.1) is 18.9 Å². The van der Waals surface area contributed by atoms with Crippen molar-refractivity contribution in [2.75, 3.05) is 27.3 Å². The lowest BCUT2D eigenvalue weighted by Crippen LogP contribution is -2.55. The zero-order chi connectivity index (χ0) is 20.3. The number of carbonyl (C=O) groups excluding carboxylic acids is 1. The number of hydrogen-bond acceptors (Lipinski definition) is 4. The Bertz CT molecular complexity index is 822. The molecule has 1 saturated heterocycles. The summed E-state index contributed by atoms with van der Waals surface area (Å²) in [5.74, 6) is 0.798. The second-order valence-electron chi connectivity index (χ2n) is 9.02. The van der Waals surface area contributed by atoms with Crippen molar-refractivity contribution in [3.05, 3.63) is 17.0 Å². The molecule has 1 aliphatic heterocycles. The SMILES string of the molecule is CC(=NC(=O)c1c2c(nn1C)[C@@]1(C)CCC3(OCCO3)[C@@H](C)[C@@H]1CC2)N(C)C. The summed E-state index contributed by atoms with van der Waals surface area (Å²) >= 11 is 0. The van der Waals surface area contributed by atoms with Gasteiger partial charge < -0.3 is 14.4 Å².